The van der Waals surface area contributed by atoms with E-state index >= 15 is 0 Å². The number of nitrogens with one attached hydrogen (secondary N) is 1. The van der Waals surface area contributed by atoms with Gasteiger partial charge in [0.1, 0.15) is 0 Å². The molecule has 1 aromatic carbocycles. The monoisotopic (exact) mass is 222 g/mol. The number of Topliss-reactive ketones (excluding diaryl/α,β-unsaturated/α-hetero) is 1. The van der Waals surface area contributed by atoms with Crippen LogP contribution in [0.4, 0.5) is 10.1 Å². The van der Waals surface area contributed by atoms with Crippen LogP contribution in [-0.2, 0) is 0 Å². The standard InChI is InChI=1S/C12H15FN2O/c1-9(16)10-3-2-4-11(12(10)13)15-7-5-14-6-8-15/h2-4,14H,5-8H2,1H3. The van der Waals surface area contributed by atoms with Crippen molar-refractivity contribution in [2.24, 2.45) is 0 Å². The van der Waals surface area contributed by atoms with E-state index in [2.05, 4.69) is 5.32 Å². The summed E-state index contributed by atoms with van der Waals surface area (Å²) in [6.45, 7) is 4.64. The fourth-order valence-electron chi connectivity index (χ4n) is 1.94. The Balaban J connectivity index is 2.33. The average molecular weight is 222 g/mol. The fourth-order valence-corrected chi connectivity index (χ4v) is 1.94. The van der Waals surface area contributed by atoms with Crippen molar-refractivity contribution in [1.82, 2.24) is 5.32 Å². The number of carbonyl (C=O) groups excluding carboxylic acids is 1. The molecule has 4 heteroatoms. The predicted molar refractivity (Wildman–Crippen MR) is 61.5 cm³/mol. The van der Waals surface area contributed by atoms with Crippen molar-refractivity contribution < 1.29 is 9.18 Å². The van der Waals surface area contributed by atoms with Gasteiger partial charge >= 0.3 is 0 Å². The van der Waals surface area contributed by atoms with E-state index in [1.54, 1.807) is 12.1 Å². The van der Waals surface area contributed by atoms with Crippen LogP contribution in [0.25, 0.3) is 0 Å². The summed E-state index contributed by atoms with van der Waals surface area (Å²) in [7, 11) is 0. The molecule has 0 amide bonds. The van der Waals surface area contributed by atoms with Crippen LogP contribution in [0.1, 0.15) is 17.3 Å². The topological polar surface area (TPSA) is 32.3 Å². The Morgan fingerprint density at radius 3 is 2.69 bits per heavy atom. The zero-order valence-corrected chi connectivity index (χ0v) is 9.29. The lowest BCUT2D eigenvalue weighted by atomic mass is 10.1. The first kappa shape index (κ1) is 11.1. The lowest BCUT2D eigenvalue weighted by molar-refractivity contribution is 0.101. The number of rotatable bonds is 2. The Morgan fingerprint density at radius 1 is 1.38 bits per heavy atom. The number of benzene rings is 1. The van der Waals surface area contributed by atoms with E-state index in [9.17, 15) is 9.18 Å². The van der Waals surface area contributed by atoms with Crippen LogP contribution >= 0.6 is 0 Å². The Hall–Kier alpha value is -1.42. The van der Waals surface area contributed by atoms with Gasteiger partial charge in [0.25, 0.3) is 0 Å². The lowest BCUT2D eigenvalue weighted by Crippen LogP contribution is -2.44. The van der Waals surface area contributed by atoms with Gasteiger partial charge in [-0.15, -0.1) is 0 Å². The largest absolute Gasteiger partial charge is 0.367 e. The number of ketones is 1. The van der Waals surface area contributed by atoms with Gasteiger partial charge in [-0.1, -0.05) is 6.07 Å². The molecule has 1 N–H and O–H groups in total. The molecule has 0 unspecified atom stereocenters. The molecule has 0 aliphatic carbocycles. The minimum absolute atomic E-state index is 0.177. The van der Waals surface area contributed by atoms with Gasteiger partial charge in [-0.3, -0.25) is 4.79 Å². The van der Waals surface area contributed by atoms with Crippen LogP contribution in [0.3, 0.4) is 0 Å². The van der Waals surface area contributed by atoms with Crippen LogP contribution in [-0.4, -0.2) is 32.0 Å². The summed E-state index contributed by atoms with van der Waals surface area (Å²) in [6.07, 6.45) is 0. The lowest BCUT2D eigenvalue weighted by Gasteiger charge is -2.30. The van der Waals surface area contributed by atoms with Crippen molar-refractivity contribution in [3.8, 4) is 0 Å². The zero-order valence-electron chi connectivity index (χ0n) is 9.29. The molecule has 1 saturated heterocycles. The first-order chi connectivity index (χ1) is 7.70. The minimum atomic E-state index is -0.392. The van der Waals surface area contributed by atoms with Crippen LogP contribution in [0.15, 0.2) is 18.2 Å². The molecular formula is C12H15FN2O. The van der Waals surface area contributed by atoms with Crippen molar-refractivity contribution in [2.75, 3.05) is 31.1 Å². The molecule has 0 spiro atoms. The molecule has 3 nitrogen and oxygen atoms in total. The smallest absolute Gasteiger partial charge is 0.162 e. The van der Waals surface area contributed by atoms with E-state index in [0.717, 1.165) is 26.2 Å². The van der Waals surface area contributed by atoms with Crippen molar-refractivity contribution in [1.29, 1.82) is 0 Å². The van der Waals surface area contributed by atoms with Gasteiger partial charge < -0.3 is 10.2 Å². The van der Waals surface area contributed by atoms with Crippen LogP contribution in [0.5, 0.6) is 0 Å². The van der Waals surface area contributed by atoms with Crippen molar-refractivity contribution in [3.05, 3.63) is 29.6 Å². The molecule has 2 rings (SSSR count). The normalized spacial score (nSPS) is 16.2. The molecule has 0 saturated carbocycles. The van der Waals surface area contributed by atoms with Gasteiger partial charge in [-0.25, -0.2) is 4.39 Å². The molecule has 1 aliphatic heterocycles. The number of halogens is 1. The molecule has 1 fully saturated rings. The number of hydrogen-bond acceptors (Lipinski definition) is 3. The molecule has 0 bridgehead atoms. The summed E-state index contributed by atoms with van der Waals surface area (Å²) in [5, 5.41) is 3.21. The molecule has 1 aliphatic rings. The Labute approximate surface area is 94.3 Å². The first-order valence-electron chi connectivity index (χ1n) is 5.45. The van der Waals surface area contributed by atoms with Crippen molar-refractivity contribution in [3.63, 3.8) is 0 Å². The van der Waals surface area contributed by atoms with Gasteiger partial charge in [0.05, 0.1) is 11.3 Å². The van der Waals surface area contributed by atoms with Crippen molar-refractivity contribution >= 4 is 11.5 Å². The number of carbonyl (C=O) groups is 1. The predicted octanol–water partition coefficient (Wildman–Crippen LogP) is 1.44. The number of nitrogens with zero attached hydrogens (tertiary/aromatic N) is 1. The van der Waals surface area contributed by atoms with E-state index in [0.29, 0.717) is 5.69 Å². The van der Waals surface area contributed by atoms with Gasteiger partial charge in [0.2, 0.25) is 0 Å². The summed E-state index contributed by atoms with van der Waals surface area (Å²) in [5.41, 5.74) is 0.713. The van der Waals surface area contributed by atoms with Gasteiger partial charge in [0.15, 0.2) is 11.6 Å². The molecule has 0 aromatic heterocycles. The molecule has 1 heterocycles. The SMILES string of the molecule is CC(=O)c1cccc(N2CCNCC2)c1F. The second-order valence-electron chi connectivity index (χ2n) is 3.93. The highest BCUT2D eigenvalue weighted by Gasteiger charge is 2.17. The van der Waals surface area contributed by atoms with Gasteiger partial charge in [-0.05, 0) is 19.1 Å². The number of piperazine rings is 1. The van der Waals surface area contributed by atoms with Crippen LogP contribution in [0, 0.1) is 5.82 Å². The van der Waals surface area contributed by atoms with Gasteiger partial charge in [-0.2, -0.15) is 0 Å². The Bertz CT molecular complexity index is 400. The highest BCUT2D eigenvalue weighted by atomic mass is 19.1. The summed E-state index contributed by atoms with van der Waals surface area (Å²) in [5.74, 6) is -0.619. The van der Waals surface area contributed by atoms with E-state index in [1.807, 2.05) is 4.90 Å². The highest BCUT2D eigenvalue weighted by Crippen LogP contribution is 2.22. The molecule has 1 aromatic rings. The van der Waals surface area contributed by atoms with E-state index in [1.165, 1.54) is 13.0 Å². The van der Waals surface area contributed by atoms with Crippen LogP contribution < -0.4 is 10.2 Å². The van der Waals surface area contributed by atoms with E-state index < -0.39 is 5.82 Å². The zero-order chi connectivity index (χ0) is 11.5. The molecule has 86 valence electrons. The maximum absolute atomic E-state index is 14.0. The third-order valence-corrected chi connectivity index (χ3v) is 2.82. The van der Waals surface area contributed by atoms with E-state index in [-0.39, 0.29) is 11.3 Å². The second kappa shape index (κ2) is 4.61. The Kier molecular flexibility index (Phi) is 3.19. The maximum atomic E-state index is 14.0. The van der Waals surface area contributed by atoms with Crippen LogP contribution in [0.2, 0.25) is 0 Å². The maximum Gasteiger partial charge on any atom is 0.162 e. The minimum Gasteiger partial charge on any atom is -0.367 e. The summed E-state index contributed by atoms with van der Waals surface area (Å²) in [4.78, 5) is 13.2. The Morgan fingerprint density at radius 2 is 2.06 bits per heavy atom. The first-order valence-corrected chi connectivity index (χ1v) is 5.45. The molecule has 0 atom stereocenters. The molecular weight excluding hydrogens is 207 g/mol. The molecule has 0 radical (unpaired) electrons. The third-order valence-electron chi connectivity index (χ3n) is 2.82. The number of hydrogen-bond donors (Lipinski definition) is 1. The summed E-state index contributed by atoms with van der Waals surface area (Å²) in [6, 6.07) is 4.99. The van der Waals surface area contributed by atoms with Crippen molar-refractivity contribution in [2.45, 2.75) is 6.92 Å². The average Bonchev–Trinajstić information content (AvgIpc) is 2.30. The molecule has 16 heavy (non-hydrogen) atoms. The fraction of sp³-hybridized carbons (Fsp3) is 0.417. The highest BCUT2D eigenvalue weighted by molar-refractivity contribution is 5.95. The quantitative estimate of drug-likeness (QED) is 0.768. The van der Waals surface area contributed by atoms with Gasteiger partial charge in [0, 0.05) is 26.2 Å². The third kappa shape index (κ3) is 2.07. The summed E-state index contributed by atoms with van der Waals surface area (Å²) >= 11 is 0. The number of anilines is 1. The second-order valence-corrected chi connectivity index (χ2v) is 3.93. The van der Waals surface area contributed by atoms with E-state index in [4.69, 9.17) is 0 Å². The summed E-state index contributed by atoms with van der Waals surface area (Å²) < 4.78 is 14.0.